The van der Waals surface area contributed by atoms with Crippen LogP contribution in [0.15, 0.2) is 23.0 Å². The molecule has 0 bridgehead atoms. The predicted molar refractivity (Wildman–Crippen MR) is 62.6 cm³/mol. The highest BCUT2D eigenvalue weighted by atomic mass is 127. The van der Waals surface area contributed by atoms with Gasteiger partial charge < -0.3 is 0 Å². The van der Waals surface area contributed by atoms with Gasteiger partial charge >= 0.3 is 5.69 Å². The molecule has 0 aliphatic heterocycles. The number of nitrogens with one attached hydrogen (secondary N) is 1. The molecule has 0 saturated heterocycles. The normalized spacial score (nSPS) is 9.87. The number of aromatic amines is 1. The molecule has 1 N–H and O–H groups in total. The number of hydrogen-bond acceptors (Lipinski definition) is 3. The molecule has 6 heteroatoms. The fraction of sp³-hybridized carbons (Fsp3) is 0. The van der Waals surface area contributed by atoms with E-state index in [-0.39, 0.29) is 5.69 Å². The van der Waals surface area contributed by atoms with Crippen LogP contribution < -0.4 is 5.69 Å². The maximum atomic E-state index is 11.3. The van der Waals surface area contributed by atoms with Crippen molar-refractivity contribution in [2.45, 2.75) is 0 Å². The van der Waals surface area contributed by atoms with Crippen molar-refractivity contribution >= 4 is 22.6 Å². The van der Waals surface area contributed by atoms with E-state index in [9.17, 15) is 4.79 Å². The molecule has 1 heterocycles. The van der Waals surface area contributed by atoms with Gasteiger partial charge in [0.1, 0.15) is 0 Å². The quantitative estimate of drug-likeness (QED) is 0.617. The van der Waals surface area contributed by atoms with E-state index in [1.54, 1.807) is 18.2 Å². The lowest BCUT2D eigenvalue weighted by Crippen LogP contribution is -2.17. The Morgan fingerprint density at radius 3 is 2.93 bits per heavy atom. The Morgan fingerprint density at radius 2 is 2.33 bits per heavy atom. The van der Waals surface area contributed by atoms with Gasteiger partial charge in [-0.25, -0.2) is 9.89 Å². The van der Waals surface area contributed by atoms with Crippen LogP contribution in [0.3, 0.4) is 0 Å². The van der Waals surface area contributed by atoms with Crippen LogP contribution in [0.2, 0.25) is 0 Å². The van der Waals surface area contributed by atoms with Crippen molar-refractivity contribution in [1.82, 2.24) is 20.2 Å². The van der Waals surface area contributed by atoms with Crippen LogP contribution in [-0.4, -0.2) is 20.2 Å². The van der Waals surface area contributed by atoms with Crippen molar-refractivity contribution < 1.29 is 0 Å². The van der Waals surface area contributed by atoms with Gasteiger partial charge in [-0.15, -0.1) is 6.42 Å². The lowest BCUT2D eigenvalue weighted by atomic mass is 10.2. The number of aromatic nitrogens is 4. The van der Waals surface area contributed by atoms with Gasteiger partial charge in [0.05, 0.1) is 9.26 Å². The van der Waals surface area contributed by atoms with Gasteiger partial charge in [0.2, 0.25) is 0 Å². The number of H-pyrrole nitrogens is 1. The summed E-state index contributed by atoms with van der Waals surface area (Å²) in [6.45, 7) is 0. The Hall–Kier alpha value is -1.62. The van der Waals surface area contributed by atoms with Crippen molar-refractivity contribution in [2.24, 2.45) is 0 Å². The van der Waals surface area contributed by atoms with Crippen molar-refractivity contribution in [2.75, 3.05) is 0 Å². The van der Waals surface area contributed by atoms with Crippen LogP contribution >= 0.6 is 22.6 Å². The van der Waals surface area contributed by atoms with Gasteiger partial charge in [0.15, 0.2) is 0 Å². The van der Waals surface area contributed by atoms with E-state index in [4.69, 9.17) is 6.42 Å². The first kappa shape index (κ1) is 9.92. The lowest BCUT2D eigenvalue weighted by molar-refractivity contribution is 0.776. The Bertz CT molecular complexity index is 593. The predicted octanol–water partition coefficient (Wildman–Crippen LogP) is 0.542. The third-order valence-electron chi connectivity index (χ3n) is 1.83. The van der Waals surface area contributed by atoms with E-state index in [1.165, 1.54) is 4.68 Å². The van der Waals surface area contributed by atoms with Gasteiger partial charge in [-0.05, 0) is 45.2 Å². The van der Waals surface area contributed by atoms with Crippen molar-refractivity contribution in [3.63, 3.8) is 0 Å². The first-order valence-corrected chi connectivity index (χ1v) is 5.08. The molecule has 1 aromatic heterocycles. The van der Waals surface area contributed by atoms with E-state index in [0.29, 0.717) is 5.69 Å². The number of rotatable bonds is 1. The largest absolute Gasteiger partial charge is 0.365 e. The third-order valence-corrected chi connectivity index (χ3v) is 2.97. The molecule has 74 valence electrons. The minimum absolute atomic E-state index is 0.387. The average molecular weight is 312 g/mol. The standard InChI is InChI=1S/C9H5IN4O/c1-2-6-4-3-5-7(8(6)10)14-9(15)11-12-13-14/h1,3-5H,(H,11,13,15). The molecule has 0 unspecified atom stereocenters. The lowest BCUT2D eigenvalue weighted by Gasteiger charge is -2.03. The first-order valence-electron chi connectivity index (χ1n) is 4.00. The highest BCUT2D eigenvalue weighted by Crippen LogP contribution is 2.18. The zero-order chi connectivity index (χ0) is 10.8. The monoisotopic (exact) mass is 312 g/mol. The van der Waals surface area contributed by atoms with Gasteiger partial charge in [-0.1, -0.05) is 12.0 Å². The van der Waals surface area contributed by atoms with E-state index < -0.39 is 0 Å². The summed E-state index contributed by atoms with van der Waals surface area (Å²) < 4.78 is 1.97. The summed E-state index contributed by atoms with van der Waals surface area (Å²) in [5, 5.41) is 9.29. The fourth-order valence-corrected chi connectivity index (χ4v) is 1.89. The van der Waals surface area contributed by atoms with Crippen molar-refractivity contribution in [1.29, 1.82) is 0 Å². The van der Waals surface area contributed by atoms with E-state index in [1.807, 2.05) is 0 Å². The van der Waals surface area contributed by atoms with Crippen molar-refractivity contribution in [3.8, 4) is 18.0 Å². The van der Waals surface area contributed by atoms with Crippen LogP contribution in [0.25, 0.3) is 5.69 Å². The number of nitrogens with zero attached hydrogens (tertiary/aromatic N) is 3. The second-order valence-corrected chi connectivity index (χ2v) is 3.78. The molecule has 5 nitrogen and oxygen atoms in total. The van der Waals surface area contributed by atoms with Gasteiger partial charge in [0, 0.05) is 5.56 Å². The highest BCUT2D eigenvalue weighted by Gasteiger charge is 2.09. The third kappa shape index (κ3) is 1.66. The molecule has 0 spiro atoms. The number of hydrogen-bond donors (Lipinski definition) is 1. The Balaban J connectivity index is 2.71. The van der Waals surface area contributed by atoms with E-state index >= 15 is 0 Å². The van der Waals surface area contributed by atoms with Gasteiger partial charge in [-0.2, -0.15) is 4.68 Å². The maximum Gasteiger partial charge on any atom is 0.365 e. The molecule has 0 atom stereocenters. The second kappa shape index (κ2) is 3.86. The molecule has 0 aliphatic carbocycles. The Morgan fingerprint density at radius 1 is 1.53 bits per heavy atom. The highest BCUT2D eigenvalue weighted by molar-refractivity contribution is 14.1. The minimum Gasteiger partial charge on any atom is -0.244 e. The van der Waals surface area contributed by atoms with E-state index in [2.05, 4.69) is 44.0 Å². The zero-order valence-electron chi connectivity index (χ0n) is 7.44. The molecule has 0 aliphatic rings. The molecule has 15 heavy (non-hydrogen) atoms. The molecule has 0 saturated carbocycles. The molecular formula is C9H5IN4O. The van der Waals surface area contributed by atoms with Crippen LogP contribution in [-0.2, 0) is 0 Å². The topological polar surface area (TPSA) is 63.6 Å². The van der Waals surface area contributed by atoms with Crippen LogP contribution in [0.5, 0.6) is 0 Å². The SMILES string of the molecule is C#Cc1cccc(-n2nn[nH]c2=O)c1I. The first-order chi connectivity index (χ1) is 7.24. The number of terminal acetylenes is 1. The van der Waals surface area contributed by atoms with Crippen LogP contribution in [0, 0.1) is 15.9 Å². The summed E-state index contributed by atoms with van der Waals surface area (Å²) in [5.74, 6) is 2.54. The van der Waals surface area contributed by atoms with Crippen molar-refractivity contribution in [3.05, 3.63) is 37.8 Å². The Kier molecular flexibility index (Phi) is 2.55. The molecule has 0 fully saturated rings. The summed E-state index contributed by atoms with van der Waals surface area (Å²) in [4.78, 5) is 11.3. The molecule has 2 aromatic rings. The van der Waals surface area contributed by atoms with Gasteiger partial charge in [0.25, 0.3) is 0 Å². The van der Waals surface area contributed by atoms with Crippen LogP contribution in [0.1, 0.15) is 5.56 Å². The summed E-state index contributed by atoms with van der Waals surface area (Å²) in [6.07, 6.45) is 5.32. The summed E-state index contributed by atoms with van der Waals surface area (Å²) in [5.41, 5.74) is 0.967. The summed E-state index contributed by atoms with van der Waals surface area (Å²) in [7, 11) is 0. The molecule has 0 radical (unpaired) electrons. The molecule has 0 amide bonds. The number of halogens is 1. The Labute approximate surface area is 98.6 Å². The molecular weight excluding hydrogens is 307 g/mol. The van der Waals surface area contributed by atoms with Gasteiger partial charge in [-0.3, -0.25) is 0 Å². The number of benzene rings is 1. The van der Waals surface area contributed by atoms with Crippen LogP contribution in [0.4, 0.5) is 0 Å². The van der Waals surface area contributed by atoms with E-state index in [0.717, 1.165) is 9.13 Å². The molecule has 1 aromatic carbocycles. The molecule has 2 rings (SSSR count). The minimum atomic E-state index is -0.387. The maximum absolute atomic E-state index is 11.3. The second-order valence-electron chi connectivity index (χ2n) is 2.70. The average Bonchev–Trinajstić information content (AvgIpc) is 2.65. The summed E-state index contributed by atoms with van der Waals surface area (Å²) >= 11 is 2.07. The smallest absolute Gasteiger partial charge is 0.244 e. The fourth-order valence-electron chi connectivity index (χ4n) is 1.15. The number of tetrazole rings is 1. The zero-order valence-corrected chi connectivity index (χ0v) is 9.59. The summed E-state index contributed by atoms with van der Waals surface area (Å²) in [6, 6.07) is 5.33.